The van der Waals surface area contributed by atoms with Crippen LogP contribution >= 0.6 is 0 Å². The Morgan fingerprint density at radius 2 is 2.05 bits per heavy atom. The number of halogens is 1. The highest BCUT2D eigenvalue weighted by atomic mass is 19.1. The zero-order valence-corrected chi connectivity index (χ0v) is 22.4. The predicted octanol–water partition coefficient (Wildman–Crippen LogP) is 2.44. The third-order valence-electron chi connectivity index (χ3n) is 5.86. The van der Waals surface area contributed by atoms with E-state index in [-0.39, 0.29) is 24.8 Å². The normalized spacial score (nSPS) is 16.5. The minimum atomic E-state index is -1.22. The number of likely N-dealkylation sites (tertiary alicyclic amines) is 1. The Morgan fingerprint density at radius 1 is 1.28 bits per heavy atom. The Balaban J connectivity index is 1.48. The maximum absolute atomic E-state index is 14.0. The average Bonchev–Trinajstić information content (AvgIpc) is 3.33. The lowest BCUT2D eigenvalue weighted by Gasteiger charge is -2.22. The summed E-state index contributed by atoms with van der Waals surface area (Å²) in [6, 6.07) is 8.22. The molecule has 2 atom stereocenters. The van der Waals surface area contributed by atoms with Crippen molar-refractivity contribution in [2.45, 2.75) is 31.5 Å². The SMILES string of the molecule is CNc1nc(Nc2ccc(C#N)cc2)ncc1C#CCCCNC(=O)C1CC(F)CN1C(=O)/C=C/CN(C)C. The number of unbranched alkanes of at least 4 members (excludes halogenated alkanes) is 1. The molecule has 1 aliphatic rings. The van der Waals surface area contributed by atoms with Crippen LogP contribution in [0.4, 0.5) is 21.8 Å². The number of alkyl halides is 1. The van der Waals surface area contributed by atoms with Crippen molar-refractivity contribution in [1.82, 2.24) is 25.1 Å². The average molecular weight is 533 g/mol. The van der Waals surface area contributed by atoms with Gasteiger partial charge in [0.05, 0.1) is 29.9 Å². The molecule has 0 aliphatic carbocycles. The van der Waals surface area contributed by atoms with Gasteiger partial charge in [0.1, 0.15) is 18.0 Å². The van der Waals surface area contributed by atoms with Gasteiger partial charge in [-0.05, 0) is 44.8 Å². The molecule has 3 rings (SSSR count). The maximum Gasteiger partial charge on any atom is 0.247 e. The summed E-state index contributed by atoms with van der Waals surface area (Å²) in [6.45, 7) is 0.868. The van der Waals surface area contributed by atoms with Gasteiger partial charge in [-0.15, -0.1) is 0 Å². The van der Waals surface area contributed by atoms with Gasteiger partial charge in [0.2, 0.25) is 17.8 Å². The van der Waals surface area contributed by atoms with Crippen molar-refractivity contribution in [3.8, 4) is 17.9 Å². The largest absolute Gasteiger partial charge is 0.372 e. The van der Waals surface area contributed by atoms with Crippen LogP contribution in [0.2, 0.25) is 0 Å². The number of carbonyl (C=O) groups excluding carboxylic acids is 2. The van der Waals surface area contributed by atoms with Crippen molar-refractivity contribution in [2.75, 3.05) is 51.4 Å². The fraction of sp³-hybridized carbons (Fsp3) is 0.393. The zero-order chi connectivity index (χ0) is 28.2. The maximum atomic E-state index is 14.0. The van der Waals surface area contributed by atoms with Crippen LogP contribution in [0.3, 0.4) is 0 Å². The molecule has 11 heteroatoms. The summed E-state index contributed by atoms with van der Waals surface area (Å²) in [7, 11) is 5.50. The lowest BCUT2D eigenvalue weighted by molar-refractivity contribution is -0.135. The van der Waals surface area contributed by atoms with Crippen LogP contribution in [0.5, 0.6) is 0 Å². The molecule has 1 aromatic carbocycles. The van der Waals surface area contributed by atoms with Crippen molar-refractivity contribution in [3.05, 3.63) is 53.7 Å². The fourth-order valence-corrected chi connectivity index (χ4v) is 3.88. The van der Waals surface area contributed by atoms with E-state index in [4.69, 9.17) is 5.26 Å². The van der Waals surface area contributed by atoms with Crippen molar-refractivity contribution in [1.29, 1.82) is 5.26 Å². The zero-order valence-electron chi connectivity index (χ0n) is 22.4. The van der Waals surface area contributed by atoms with E-state index in [2.05, 4.69) is 43.8 Å². The molecule has 2 amide bonds. The predicted molar refractivity (Wildman–Crippen MR) is 148 cm³/mol. The highest BCUT2D eigenvalue weighted by Gasteiger charge is 2.38. The molecular formula is C28H33FN8O2. The molecule has 2 aromatic rings. The smallest absolute Gasteiger partial charge is 0.247 e. The lowest BCUT2D eigenvalue weighted by atomic mass is 10.2. The molecule has 0 spiro atoms. The molecule has 10 nitrogen and oxygen atoms in total. The first-order chi connectivity index (χ1) is 18.8. The summed E-state index contributed by atoms with van der Waals surface area (Å²) in [6.07, 6.45) is 4.61. The van der Waals surface area contributed by atoms with Gasteiger partial charge in [-0.1, -0.05) is 17.9 Å². The number of likely N-dealkylation sites (N-methyl/N-ethyl adjacent to an activating group) is 1. The Morgan fingerprint density at radius 3 is 2.74 bits per heavy atom. The number of hydrogen-bond acceptors (Lipinski definition) is 8. The molecule has 0 saturated carbocycles. The van der Waals surface area contributed by atoms with Crippen molar-refractivity contribution >= 4 is 29.3 Å². The third-order valence-corrected chi connectivity index (χ3v) is 5.86. The molecule has 0 bridgehead atoms. The first-order valence-corrected chi connectivity index (χ1v) is 12.6. The summed E-state index contributed by atoms with van der Waals surface area (Å²) in [4.78, 5) is 37.0. The van der Waals surface area contributed by atoms with E-state index < -0.39 is 12.2 Å². The number of aromatic nitrogens is 2. The fourth-order valence-electron chi connectivity index (χ4n) is 3.88. The summed E-state index contributed by atoms with van der Waals surface area (Å²) in [5.74, 6) is 6.34. The van der Waals surface area contributed by atoms with E-state index in [0.717, 1.165) is 5.69 Å². The van der Waals surface area contributed by atoms with Crippen LogP contribution in [0, 0.1) is 23.2 Å². The molecule has 0 radical (unpaired) electrons. The van der Waals surface area contributed by atoms with Gasteiger partial charge >= 0.3 is 0 Å². The third kappa shape index (κ3) is 8.80. The highest BCUT2D eigenvalue weighted by Crippen LogP contribution is 2.21. The Bertz CT molecular complexity index is 1280. The number of benzene rings is 1. The summed E-state index contributed by atoms with van der Waals surface area (Å²) in [5.41, 5.74) is 1.95. The topological polar surface area (TPSA) is 126 Å². The van der Waals surface area contributed by atoms with Gasteiger partial charge < -0.3 is 25.8 Å². The van der Waals surface area contributed by atoms with Crippen LogP contribution in [-0.2, 0) is 9.59 Å². The quantitative estimate of drug-likeness (QED) is 0.242. The number of anilines is 3. The lowest BCUT2D eigenvalue weighted by Crippen LogP contribution is -2.45. The second kappa shape index (κ2) is 14.5. The highest BCUT2D eigenvalue weighted by molar-refractivity contribution is 5.93. The molecule has 1 aliphatic heterocycles. The van der Waals surface area contributed by atoms with E-state index in [1.807, 2.05) is 19.0 Å². The molecular weight excluding hydrogens is 499 g/mol. The van der Waals surface area contributed by atoms with Gasteiger partial charge in [0.25, 0.3) is 0 Å². The van der Waals surface area contributed by atoms with Crippen LogP contribution in [-0.4, -0.2) is 84.6 Å². The monoisotopic (exact) mass is 532 g/mol. The van der Waals surface area contributed by atoms with Gasteiger partial charge in [0, 0.05) is 44.7 Å². The molecule has 39 heavy (non-hydrogen) atoms. The van der Waals surface area contributed by atoms with Crippen LogP contribution in [0.1, 0.15) is 30.4 Å². The molecule has 204 valence electrons. The molecule has 1 aromatic heterocycles. The number of rotatable bonds is 10. The van der Waals surface area contributed by atoms with Crippen molar-refractivity contribution < 1.29 is 14.0 Å². The number of hydrogen-bond donors (Lipinski definition) is 3. The second-order valence-electron chi connectivity index (χ2n) is 9.22. The summed E-state index contributed by atoms with van der Waals surface area (Å²) >= 11 is 0. The van der Waals surface area contributed by atoms with Gasteiger partial charge in [-0.3, -0.25) is 9.59 Å². The van der Waals surface area contributed by atoms with Crippen LogP contribution in [0.25, 0.3) is 0 Å². The minimum Gasteiger partial charge on any atom is -0.372 e. The van der Waals surface area contributed by atoms with Gasteiger partial charge in [-0.25, -0.2) is 9.37 Å². The van der Waals surface area contributed by atoms with Gasteiger partial charge in [0.15, 0.2) is 0 Å². The van der Waals surface area contributed by atoms with E-state index in [9.17, 15) is 14.0 Å². The van der Waals surface area contributed by atoms with Gasteiger partial charge in [-0.2, -0.15) is 10.2 Å². The second-order valence-corrected chi connectivity index (χ2v) is 9.22. The number of carbonyl (C=O) groups is 2. The first-order valence-electron chi connectivity index (χ1n) is 12.6. The number of amides is 2. The molecule has 2 unspecified atom stereocenters. The number of nitriles is 1. The molecule has 3 N–H and O–H groups in total. The van der Waals surface area contributed by atoms with E-state index in [1.54, 1.807) is 43.6 Å². The van der Waals surface area contributed by atoms with Crippen LogP contribution < -0.4 is 16.0 Å². The summed E-state index contributed by atoms with van der Waals surface area (Å²) < 4.78 is 14.0. The van der Waals surface area contributed by atoms with Crippen LogP contribution in [0.15, 0.2) is 42.6 Å². The van der Waals surface area contributed by atoms with E-state index in [0.29, 0.717) is 48.8 Å². The first kappa shape index (κ1) is 29.1. The minimum absolute atomic E-state index is 0.00171. The number of nitrogens with zero attached hydrogens (tertiary/aromatic N) is 5. The Labute approximate surface area is 228 Å². The Kier molecular flexibility index (Phi) is 10.8. The van der Waals surface area contributed by atoms with Crippen molar-refractivity contribution in [3.63, 3.8) is 0 Å². The molecule has 1 fully saturated rings. The molecule has 1 saturated heterocycles. The van der Waals surface area contributed by atoms with E-state index in [1.165, 1.54) is 11.0 Å². The molecule has 2 heterocycles. The standard InChI is InChI=1S/C28H33FN8O2/c1-31-26-21(18-33-28(35-26)34-23-12-10-20(17-30)11-13-23)8-5-4-6-14-32-27(39)24-16-22(29)19-37(24)25(38)9-7-15-36(2)3/h7,9-13,18,22,24H,4,6,14-16,19H2,1-3H3,(H,32,39)(H2,31,33,34,35)/b9-7+. The van der Waals surface area contributed by atoms with E-state index >= 15 is 0 Å². The summed E-state index contributed by atoms with van der Waals surface area (Å²) in [5, 5.41) is 17.8. The number of nitrogens with one attached hydrogen (secondary N) is 3. The van der Waals surface area contributed by atoms with Crippen molar-refractivity contribution in [2.24, 2.45) is 0 Å². The Hall–Kier alpha value is -4.48.